The lowest BCUT2D eigenvalue weighted by molar-refractivity contribution is -0.160. The number of nitrogens with one attached hydrogen (secondary N) is 2. The summed E-state index contributed by atoms with van der Waals surface area (Å²) in [6.07, 6.45) is -0.162. The van der Waals surface area contributed by atoms with Crippen LogP contribution in [0.3, 0.4) is 0 Å². The van der Waals surface area contributed by atoms with Gasteiger partial charge in [0.15, 0.2) is 0 Å². The predicted molar refractivity (Wildman–Crippen MR) is 139 cm³/mol. The first kappa shape index (κ1) is 28.6. The molecule has 0 saturated carbocycles. The fourth-order valence-electron chi connectivity index (χ4n) is 6.44. The van der Waals surface area contributed by atoms with Crippen LogP contribution >= 0.6 is 11.8 Å². The third-order valence-electron chi connectivity index (χ3n) is 8.62. The van der Waals surface area contributed by atoms with Crippen molar-refractivity contribution in [1.82, 2.24) is 20.4 Å². The number of nitrogens with zero attached hydrogens (tertiary/aromatic N) is 2. The zero-order chi connectivity index (χ0) is 28.2. The smallest absolute Gasteiger partial charge is 0.353 e. The van der Waals surface area contributed by atoms with Crippen LogP contribution < -0.4 is 10.6 Å². The summed E-state index contributed by atoms with van der Waals surface area (Å²) < 4.78 is 0. The summed E-state index contributed by atoms with van der Waals surface area (Å²) in [4.78, 5) is 66.3. The van der Waals surface area contributed by atoms with E-state index in [1.807, 2.05) is 13.8 Å². The molecule has 0 radical (unpaired) electrons. The second-order valence-corrected chi connectivity index (χ2v) is 12.8. The first-order valence-corrected chi connectivity index (χ1v) is 14.1. The van der Waals surface area contributed by atoms with Crippen molar-refractivity contribution in [2.45, 2.75) is 70.0 Å². The third-order valence-corrected chi connectivity index (χ3v) is 10.1. The lowest BCUT2D eigenvalue weighted by atomic mass is 9.71. The first-order chi connectivity index (χ1) is 17.8. The highest BCUT2D eigenvalue weighted by atomic mass is 32.2. The van der Waals surface area contributed by atoms with E-state index >= 15 is 0 Å². The number of β-lactam (4-membered cyclic amide) rings is 2. The number of carbonyl (C=O) groups is 5. The second-order valence-electron chi connectivity index (χ2n) is 11.4. The van der Waals surface area contributed by atoms with Crippen molar-refractivity contribution in [2.75, 3.05) is 20.6 Å². The van der Waals surface area contributed by atoms with Crippen molar-refractivity contribution < 1.29 is 34.2 Å². The van der Waals surface area contributed by atoms with E-state index in [-0.39, 0.29) is 64.8 Å². The number of aliphatic hydroxyl groups excluding tert-OH is 1. The van der Waals surface area contributed by atoms with E-state index in [4.69, 9.17) is 0 Å². The normalized spacial score (nSPS) is 34.6. The van der Waals surface area contributed by atoms with Gasteiger partial charge in [-0.3, -0.25) is 19.2 Å². The van der Waals surface area contributed by atoms with Gasteiger partial charge in [0.25, 0.3) is 0 Å². The average Bonchev–Trinajstić information content (AvgIpc) is 3.37. The van der Waals surface area contributed by atoms with Crippen LogP contribution in [0.4, 0.5) is 0 Å². The quantitative estimate of drug-likeness (QED) is 0.276. The Morgan fingerprint density at radius 3 is 2.37 bits per heavy atom. The van der Waals surface area contributed by atoms with Crippen molar-refractivity contribution in [3.8, 4) is 0 Å². The summed E-state index contributed by atoms with van der Waals surface area (Å²) in [6.45, 7) is 7.59. The molecule has 0 aromatic heterocycles. The van der Waals surface area contributed by atoms with Crippen LogP contribution in [-0.2, 0) is 24.0 Å². The Kier molecular flexibility index (Phi) is 7.98. The maximum absolute atomic E-state index is 13.2. The molecule has 4 aliphatic heterocycles. The maximum Gasteiger partial charge on any atom is 0.353 e. The molecule has 4 N–H and O–H groups in total. The third kappa shape index (κ3) is 4.75. The number of carbonyl (C=O) groups excluding carboxylic acids is 4. The van der Waals surface area contributed by atoms with E-state index < -0.39 is 35.9 Å². The molecule has 0 spiro atoms. The fourth-order valence-corrected chi connectivity index (χ4v) is 7.92. The Bertz CT molecular complexity index is 1080. The van der Waals surface area contributed by atoms with Crippen LogP contribution in [-0.4, -0.2) is 99.6 Å². The highest BCUT2D eigenvalue weighted by molar-refractivity contribution is 8.03. The van der Waals surface area contributed by atoms with E-state index in [2.05, 4.69) is 10.6 Å². The van der Waals surface area contributed by atoms with Gasteiger partial charge in [-0.05, 0) is 19.3 Å². The number of carboxylic acids is 1. The SMILES string of the molecule is CC(O)C1C(=O)NC1[C@@H](C)C(=O)C[C@H](C)[C@H]1C(=O)N2C(C(=O)O)=C(S[C@@H]3CN[C@H](C(=O)N(C)C)C3)[C@H](C)[C@H]12. The molecule has 4 heterocycles. The van der Waals surface area contributed by atoms with Gasteiger partial charge in [-0.1, -0.05) is 20.8 Å². The molecule has 210 valence electrons. The number of carboxylic acid groups (broad SMARTS) is 1. The van der Waals surface area contributed by atoms with E-state index in [0.29, 0.717) is 17.9 Å². The van der Waals surface area contributed by atoms with Gasteiger partial charge in [-0.15, -0.1) is 11.8 Å². The Morgan fingerprint density at radius 1 is 1.16 bits per heavy atom. The van der Waals surface area contributed by atoms with E-state index in [0.717, 1.165) is 0 Å². The van der Waals surface area contributed by atoms with E-state index in [1.165, 1.54) is 28.5 Å². The van der Waals surface area contributed by atoms with Crippen LogP contribution in [0.15, 0.2) is 10.6 Å². The van der Waals surface area contributed by atoms with Crippen molar-refractivity contribution in [3.63, 3.8) is 0 Å². The van der Waals surface area contributed by atoms with Gasteiger partial charge >= 0.3 is 5.97 Å². The summed E-state index contributed by atoms with van der Waals surface area (Å²) in [7, 11) is 3.40. The number of thioether (sulfide) groups is 1. The minimum absolute atomic E-state index is 0.00218. The number of rotatable bonds is 10. The lowest BCUT2D eigenvalue weighted by Crippen LogP contribution is -2.65. The van der Waals surface area contributed by atoms with Crippen molar-refractivity contribution in [2.24, 2.45) is 29.6 Å². The molecule has 4 aliphatic rings. The molecule has 3 fully saturated rings. The van der Waals surface area contributed by atoms with Crippen molar-refractivity contribution in [3.05, 3.63) is 10.6 Å². The predicted octanol–water partition coefficient (Wildman–Crippen LogP) is 0.0380. The number of hydrogen-bond acceptors (Lipinski definition) is 8. The van der Waals surface area contributed by atoms with E-state index in [1.54, 1.807) is 21.0 Å². The summed E-state index contributed by atoms with van der Waals surface area (Å²) >= 11 is 1.43. The number of likely N-dealkylation sites (N-methyl/N-ethyl adjacent to an activating group) is 1. The largest absolute Gasteiger partial charge is 0.477 e. The molecular formula is C26H38N4O7S. The fraction of sp³-hybridized carbons (Fsp3) is 0.731. The Morgan fingerprint density at radius 2 is 1.82 bits per heavy atom. The minimum Gasteiger partial charge on any atom is -0.477 e. The molecule has 3 saturated heterocycles. The number of aliphatic hydroxyl groups is 1. The molecule has 12 heteroatoms. The van der Waals surface area contributed by atoms with Crippen molar-refractivity contribution in [1.29, 1.82) is 0 Å². The second kappa shape index (κ2) is 10.6. The van der Waals surface area contributed by atoms with Gasteiger partial charge in [-0.2, -0.15) is 0 Å². The van der Waals surface area contributed by atoms with Crippen LogP contribution in [0, 0.1) is 29.6 Å². The molecule has 4 rings (SSSR count). The molecule has 3 amide bonds. The number of hydrogen-bond donors (Lipinski definition) is 4. The van der Waals surface area contributed by atoms with Gasteiger partial charge < -0.3 is 30.6 Å². The van der Waals surface area contributed by atoms with Gasteiger partial charge in [0.1, 0.15) is 11.5 Å². The standard InChI is InChI=1S/C26H38N4O7S/c1-10(7-16(32)11(2)19-18(13(4)31)23(33)28-19)17-20-12(3)22(21(26(36)37)30(20)25(17)35)38-14-8-15(27-9-14)24(34)29(5)6/h10-15,17-20,27,31H,7-9H2,1-6H3,(H,28,33)(H,36,37)/t10-,11-,12+,13?,14-,15-,17+,18?,19?,20+/m0/s1. The lowest BCUT2D eigenvalue weighted by Gasteiger charge is -2.48. The molecule has 38 heavy (non-hydrogen) atoms. The molecule has 0 aromatic carbocycles. The average molecular weight is 551 g/mol. The van der Waals surface area contributed by atoms with Gasteiger partial charge in [-0.25, -0.2) is 4.79 Å². The molecule has 0 aromatic rings. The van der Waals surface area contributed by atoms with Crippen LogP contribution in [0.5, 0.6) is 0 Å². The number of amides is 3. The number of Topliss-reactive ketones (excluding diaryl/α,β-unsaturated/α-hetero) is 1. The zero-order valence-electron chi connectivity index (χ0n) is 22.6. The van der Waals surface area contributed by atoms with Crippen molar-refractivity contribution >= 4 is 41.2 Å². The van der Waals surface area contributed by atoms with Gasteiger partial charge in [0.2, 0.25) is 17.7 Å². The summed E-state index contributed by atoms with van der Waals surface area (Å²) in [5, 5.41) is 25.8. The molecule has 11 nitrogen and oxygen atoms in total. The maximum atomic E-state index is 13.2. The topological polar surface area (TPSA) is 156 Å². The number of fused-ring (bicyclic) bond motifs is 1. The summed E-state index contributed by atoms with van der Waals surface area (Å²) in [5.74, 6) is -3.96. The molecule has 3 unspecified atom stereocenters. The van der Waals surface area contributed by atoms with Crippen LogP contribution in [0.25, 0.3) is 0 Å². The number of ketones is 1. The Balaban J connectivity index is 1.42. The summed E-state index contributed by atoms with van der Waals surface area (Å²) in [5.41, 5.74) is 0.0139. The minimum atomic E-state index is -1.15. The Labute approximate surface area is 226 Å². The van der Waals surface area contributed by atoms with Crippen LogP contribution in [0.2, 0.25) is 0 Å². The number of aliphatic carboxylic acids is 1. The van der Waals surface area contributed by atoms with Gasteiger partial charge in [0.05, 0.1) is 36.1 Å². The molecule has 0 bridgehead atoms. The monoisotopic (exact) mass is 550 g/mol. The highest BCUT2D eigenvalue weighted by Gasteiger charge is 2.60. The summed E-state index contributed by atoms with van der Waals surface area (Å²) in [6, 6.07) is -1.09. The molecular weight excluding hydrogens is 512 g/mol. The molecule has 0 aliphatic carbocycles. The Hall–Kier alpha value is -2.44. The van der Waals surface area contributed by atoms with Crippen LogP contribution in [0.1, 0.15) is 40.5 Å². The van der Waals surface area contributed by atoms with E-state index in [9.17, 15) is 34.2 Å². The zero-order valence-corrected chi connectivity index (χ0v) is 23.4. The van der Waals surface area contributed by atoms with Gasteiger partial charge in [0, 0.05) is 49.1 Å². The highest BCUT2D eigenvalue weighted by Crippen LogP contribution is 2.53. The first-order valence-electron chi connectivity index (χ1n) is 13.2. The molecule has 10 atom stereocenters.